The van der Waals surface area contributed by atoms with Crippen LogP contribution in [0.4, 0.5) is 11.4 Å². The Hall–Kier alpha value is -1.55. The van der Waals surface area contributed by atoms with Crippen LogP contribution in [-0.4, -0.2) is 39.6 Å². The standard InChI is InChI=1S/C16H23N3O/c1-18-8-7-13-5-6-14(9-15(13)18)19(2)16(20)11-17-10-12-3-4-12/h5-6,9,12,17H,3-4,7-8,10-11H2,1-2H3. The molecule has 1 aromatic carbocycles. The lowest BCUT2D eigenvalue weighted by Crippen LogP contribution is -2.36. The summed E-state index contributed by atoms with van der Waals surface area (Å²) < 4.78 is 0. The lowest BCUT2D eigenvalue weighted by molar-refractivity contribution is -0.117. The van der Waals surface area contributed by atoms with Gasteiger partial charge >= 0.3 is 0 Å². The largest absolute Gasteiger partial charge is 0.374 e. The van der Waals surface area contributed by atoms with Crippen LogP contribution in [0.3, 0.4) is 0 Å². The summed E-state index contributed by atoms with van der Waals surface area (Å²) in [6.07, 6.45) is 3.73. The number of benzene rings is 1. The van der Waals surface area contributed by atoms with Crippen LogP contribution in [0.1, 0.15) is 18.4 Å². The van der Waals surface area contributed by atoms with Crippen LogP contribution in [-0.2, 0) is 11.2 Å². The molecule has 20 heavy (non-hydrogen) atoms. The second-order valence-electron chi connectivity index (χ2n) is 6.01. The molecule has 0 unspecified atom stereocenters. The normalized spacial score (nSPS) is 17.2. The summed E-state index contributed by atoms with van der Waals surface area (Å²) in [5.41, 5.74) is 3.62. The van der Waals surface area contributed by atoms with E-state index in [1.54, 1.807) is 4.90 Å². The fourth-order valence-corrected chi connectivity index (χ4v) is 2.70. The molecule has 1 aliphatic carbocycles. The molecule has 1 heterocycles. The number of carbonyl (C=O) groups excluding carboxylic acids is 1. The molecule has 4 nitrogen and oxygen atoms in total. The molecule has 1 aliphatic heterocycles. The predicted octanol–water partition coefficient (Wildman–Crippen LogP) is 1.64. The molecular formula is C16H23N3O. The summed E-state index contributed by atoms with van der Waals surface area (Å²) in [7, 11) is 3.96. The predicted molar refractivity (Wildman–Crippen MR) is 82.4 cm³/mol. The summed E-state index contributed by atoms with van der Waals surface area (Å²) in [6.45, 7) is 2.48. The molecule has 0 radical (unpaired) electrons. The minimum absolute atomic E-state index is 0.131. The maximum atomic E-state index is 12.2. The molecule has 0 spiro atoms. The van der Waals surface area contributed by atoms with E-state index in [1.165, 1.54) is 24.1 Å². The number of likely N-dealkylation sites (N-methyl/N-ethyl adjacent to an activating group) is 2. The fraction of sp³-hybridized carbons (Fsp3) is 0.562. The topological polar surface area (TPSA) is 35.6 Å². The molecular weight excluding hydrogens is 250 g/mol. The van der Waals surface area contributed by atoms with Gasteiger partial charge in [-0.05, 0) is 49.4 Å². The van der Waals surface area contributed by atoms with Crippen molar-refractivity contribution < 1.29 is 4.79 Å². The van der Waals surface area contributed by atoms with Crippen molar-refractivity contribution in [3.63, 3.8) is 0 Å². The van der Waals surface area contributed by atoms with Crippen LogP contribution in [0, 0.1) is 5.92 Å². The molecule has 0 saturated heterocycles. The van der Waals surface area contributed by atoms with Gasteiger partial charge in [0.1, 0.15) is 0 Å². The number of fused-ring (bicyclic) bond motifs is 1. The third-order valence-electron chi connectivity index (χ3n) is 4.36. The number of hydrogen-bond acceptors (Lipinski definition) is 3. The first-order valence-electron chi connectivity index (χ1n) is 7.46. The first-order valence-corrected chi connectivity index (χ1v) is 7.46. The highest BCUT2D eigenvalue weighted by Crippen LogP contribution is 2.31. The number of amides is 1. The number of rotatable bonds is 5. The Bertz CT molecular complexity index is 510. The van der Waals surface area contributed by atoms with Crippen molar-refractivity contribution in [2.75, 3.05) is 43.5 Å². The minimum Gasteiger partial charge on any atom is -0.374 e. The highest BCUT2D eigenvalue weighted by atomic mass is 16.2. The lowest BCUT2D eigenvalue weighted by atomic mass is 10.1. The van der Waals surface area contributed by atoms with Crippen LogP contribution in [0.25, 0.3) is 0 Å². The van der Waals surface area contributed by atoms with Crippen molar-refractivity contribution in [3.8, 4) is 0 Å². The second kappa shape index (κ2) is 5.44. The number of nitrogens with one attached hydrogen (secondary N) is 1. The molecule has 2 aliphatic rings. The van der Waals surface area contributed by atoms with E-state index in [1.807, 2.05) is 7.05 Å². The average molecular weight is 273 g/mol. The molecule has 4 heteroatoms. The van der Waals surface area contributed by atoms with Crippen molar-refractivity contribution in [2.45, 2.75) is 19.3 Å². The number of hydrogen-bond donors (Lipinski definition) is 1. The van der Waals surface area contributed by atoms with Gasteiger partial charge in [-0.1, -0.05) is 6.07 Å². The van der Waals surface area contributed by atoms with E-state index < -0.39 is 0 Å². The van der Waals surface area contributed by atoms with E-state index >= 15 is 0 Å². The van der Waals surface area contributed by atoms with Gasteiger partial charge in [0.05, 0.1) is 6.54 Å². The SMILES string of the molecule is CN1CCc2ccc(N(C)C(=O)CNCC3CC3)cc21. The van der Waals surface area contributed by atoms with Crippen LogP contribution >= 0.6 is 0 Å². The average Bonchev–Trinajstić information content (AvgIpc) is 3.21. The van der Waals surface area contributed by atoms with E-state index in [2.05, 4.69) is 35.5 Å². The lowest BCUT2D eigenvalue weighted by Gasteiger charge is -2.20. The molecule has 1 aromatic rings. The van der Waals surface area contributed by atoms with Crippen LogP contribution < -0.4 is 15.1 Å². The molecule has 0 atom stereocenters. The van der Waals surface area contributed by atoms with E-state index in [-0.39, 0.29) is 5.91 Å². The number of carbonyl (C=O) groups is 1. The van der Waals surface area contributed by atoms with Gasteiger partial charge in [0.2, 0.25) is 5.91 Å². The molecule has 1 saturated carbocycles. The smallest absolute Gasteiger partial charge is 0.240 e. The Morgan fingerprint density at radius 3 is 3.00 bits per heavy atom. The maximum Gasteiger partial charge on any atom is 0.240 e. The highest BCUT2D eigenvalue weighted by Gasteiger charge is 2.22. The Balaban J connectivity index is 1.62. The zero-order valence-electron chi connectivity index (χ0n) is 12.4. The van der Waals surface area contributed by atoms with Gasteiger partial charge in [0, 0.05) is 32.0 Å². The van der Waals surface area contributed by atoms with E-state index in [0.717, 1.165) is 31.1 Å². The summed E-state index contributed by atoms with van der Waals surface area (Å²) in [5, 5.41) is 3.26. The zero-order chi connectivity index (χ0) is 14.1. The van der Waals surface area contributed by atoms with Crippen LogP contribution in [0.15, 0.2) is 18.2 Å². The molecule has 1 fully saturated rings. The Kier molecular flexibility index (Phi) is 3.66. The van der Waals surface area contributed by atoms with Crippen LogP contribution in [0.5, 0.6) is 0 Å². The zero-order valence-corrected chi connectivity index (χ0v) is 12.4. The fourth-order valence-electron chi connectivity index (χ4n) is 2.70. The summed E-state index contributed by atoms with van der Waals surface area (Å²) in [5.74, 6) is 0.938. The molecule has 0 aromatic heterocycles. The van der Waals surface area contributed by atoms with Crippen molar-refractivity contribution in [3.05, 3.63) is 23.8 Å². The van der Waals surface area contributed by atoms with Crippen molar-refractivity contribution in [1.29, 1.82) is 0 Å². The summed E-state index contributed by atoms with van der Waals surface area (Å²) >= 11 is 0. The van der Waals surface area contributed by atoms with Gasteiger partial charge in [-0.3, -0.25) is 4.79 Å². The second-order valence-corrected chi connectivity index (χ2v) is 6.01. The third-order valence-corrected chi connectivity index (χ3v) is 4.36. The Morgan fingerprint density at radius 2 is 2.25 bits per heavy atom. The van der Waals surface area contributed by atoms with Crippen LogP contribution in [0.2, 0.25) is 0 Å². The Labute approximate surface area is 120 Å². The molecule has 3 rings (SSSR count). The summed E-state index contributed by atoms with van der Waals surface area (Å²) in [6, 6.07) is 6.33. The van der Waals surface area contributed by atoms with Gasteiger partial charge in [-0.15, -0.1) is 0 Å². The number of nitrogens with zero attached hydrogens (tertiary/aromatic N) is 2. The Morgan fingerprint density at radius 1 is 1.45 bits per heavy atom. The first-order chi connectivity index (χ1) is 9.65. The maximum absolute atomic E-state index is 12.2. The van der Waals surface area contributed by atoms with Gasteiger partial charge < -0.3 is 15.1 Å². The monoisotopic (exact) mass is 273 g/mol. The summed E-state index contributed by atoms with van der Waals surface area (Å²) in [4.78, 5) is 16.2. The molecule has 1 N–H and O–H groups in total. The first kappa shape index (κ1) is 13.4. The van der Waals surface area contributed by atoms with Gasteiger partial charge in [-0.2, -0.15) is 0 Å². The van der Waals surface area contributed by atoms with Gasteiger partial charge in [0.25, 0.3) is 0 Å². The van der Waals surface area contributed by atoms with E-state index in [4.69, 9.17) is 0 Å². The molecule has 108 valence electrons. The quantitative estimate of drug-likeness (QED) is 0.886. The van der Waals surface area contributed by atoms with E-state index in [0.29, 0.717) is 6.54 Å². The minimum atomic E-state index is 0.131. The van der Waals surface area contributed by atoms with E-state index in [9.17, 15) is 4.79 Å². The highest BCUT2D eigenvalue weighted by molar-refractivity contribution is 5.95. The van der Waals surface area contributed by atoms with Gasteiger partial charge in [0.15, 0.2) is 0 Å². The van der Waals surface area contributed by atoms with Crippen molar-refractivity contribution >= 4 is 17.3 Å². The molecule has 1 amide bonds. The number of anilines is 2. The van der Waals surface area contributed by atoms with Crippen molar-refractivity contribution in [1.82, 2.24) is 5.32 Å². The molecule has 0 bridgehead atoms. The van der Waals surface area contributed by atoms with Crippen molar-refractivity contribution in [2.24, 2.45) is 5.92 Å². The third kappa shape index (κ3) is 2.80. The van der Waals surface area contributed by atoms with Gasteiger partial charge in [-0.25, -0.2) is 0 Å².